The van der Waals surface area contributed by atoms with Crippen LogP contribution >= 0.6 is 15.9 Å². The molecule has 2 aromatic rings. The molecule has 0 amide bonds. The summed E-state index contributed by atoms with van der Waals surface area (Å²) < 4.78 is 0.897. The fraction of sp³-hybridized carbons (Fsp3) is 0.308. The minimum absolute atomic E-state index is 0.210. The topological polar surface area (TPSA) is 53.1 Å². The second-order valence-corrected chi connectivity index (χ2v) is 3.54. The zero-order valence-corrected chi connectivity index (χ0v) is 12.1. The molecule has 0 atom stereocenters. The average molecular weight is 300 g/mol. The molecule has 0 saturated carbocycles. The van der Waals surface area contributed by atoms with Crippen molar-refractivity contribution < 1.29 is 9.90 Å². The molecule has 1 aromatic heterocycles. The fourth-order valence-electron chi connectivity index (χ4n) is 1.23. The summed E-state index contributed by atoms with van der Waals surface area (Å²) >= 11 is 3.35. The highest BCUT2D eigenvalue weighted by atomic mass is 79.9. The second-order valence-electron chi connectivity index (χ2n) is 2.69. The molecule has 0 radical (unpaired) electrons. The van der Waals surface area contributed by atoms with Crippen molar-refractivity contribution in [2.24, 2.45) is 0 Å². The van der Waals surface area contributed by atoms with Gasteiger partial charge in [0.15, 0.2) is 0 Å². The van der Waals surface area contributed by atoms with Crippen LogP contribution < -0.4 is 0 Å². The van der Waals surface area contributed by atoms with E-state index in [1.807, 2.05) is 45.9 Å². The second kappa shape index (κ2) is 7.90. The van der Waals surface area contributed by atoms with E-state index in [9.17, 15) is 4.79 Å². The number of rotatable bonds is 1. The van der Waals surface area contributed by atoms with Gasteiger partial charge in [-0.25, -0.2) is 4.79 Å². The molecular weight excluding hydrogens is 282 g/mol. The molecule has 94 valence electrons. The third-order valence-electron chi connectivity index (χ3n) is 1.84. The van der Waals surface area contributed by atoms with Gasteiger partial charge in [-0.15, -0.1) is 0 Å². The highest BCUT2D eigenvalue weighted by molar-refractivity contribution is 9.10. The Kier molecular flexibility index (Phi) is 7.30. The van der Waals surface area contributed by atoms with E-state index in [1.165, 1.54) is 0 Å². The number of carboxylic acids is 1. The summed E-state index contributed by atoms with van der Waals surface area (Å²) in [6, 6.07) is 7.19. The van der Waals surface area contributed by atoms with E-state index in [2.05, 4.69) is 20.9 Å². The number of hydrogen-bond acceptors (Lipinski definition) is 1. The van der Waals surface area contributed by atoms with Crippen molar-refractivity contribution in [1.82, 2.24) is 4.98 Å². The van der Waals surface area contributed by atoms with Crippen molar-refractivity contribution in [3.05, 3.63) is 34.4 Å². The number of aromatic nitrogens is 1. The van der Waals surface area contributed by atoms with E-state index in [0.717, 1.165) is 15.4 Å². The van der Waals surface area contributed by atoms with Crippen LogP contribution in [0.25, 0.3) is 10.9 Å². The lowest BCUT2D eigenvalue weighted by Gasteiger charge is -1.90. The Hall–Kier alpha value is -1.29. The van der Waals surface area contributed by atoms with Crippen LogP contribution in [-0.4, -0.2) is 16.1 Å². The van der Waals surface area contributed by atoms with Gasteiger partial charge in [0.2, 0.25) is 0 Å². The highest BCUT2D eigenvalue weighted by Crippen LogP contribution is 2.24. The summed E-state index contributed by atoms with van der Waals surface area (Å²) in [5.41, 5.74) is 1.04. The van der Waals surface area contributed by atoms with Gasteiger partial charge >= 0.3 is 5.97 Å². The number of aromatic amines is 1. The van der Waals surface area contributed by atoms with Gasteiger partial charge in [0.05, 0.1) is 0 Å². The molecule has 4 heteroatoms. The van der Waals surface area contributed by atoms with E-state index in [1.54, 1.807) is 6.07 Å². The first-order valence-corrected chi connectivity index (χ1v) is 6.48. The first-order chi connectivity index (χ1) is 8.18. The van der Waals surface area contributed by atoms with E-state index >= 15 is 0 Å². The number of aromatic carboxylic acids is 1. The number of carbonyl (C=O) groups is 1. The zero-order chi connectivity index (χ0) is 13.4. The molecule has 0 aliphatic heterocycles. The van der Waals surface area contributed by atoms with E-state index in [4.69, 9.17) is 5.11 Å². The molecule has 3 nitrogen and oxygen atoms in total. The monoisotopic (exact) mass is 299 g/mol. The third-order valence-corrected chi connectivity index (χ3v) is 2.53. The summed E-state index contributed by atoms with van der Waals surface area (Å²) in [5.74, 6) is -0.942. The van der Waals surface area contributed by atoms with Gasteiger partial charge in [-0.05, 0) is 18.2 Å². The first kappa shape index (κ1) is 15.7. The van der Waals surface area contributed by atoms with Crippen LogP contribution in [0.1, 0.15) is 38.2 Å². The SMILES string of the molecule is CC.CC.O=C(O)c1cc2c(Br)cccc2[nH]1. The number of hydrogen-bond donors (Lipinski definition) is 2. The van der Waals surface area contributed by atoms with Crippen molar-refractivity contribution in [2.75, 3.05) is 0 Å². The van der Waals surface area contributed by atoms with Crippen molar-refractivity contribution >= 4 is 32.8 Å². The fourth-order valence-corrected chi connectivity index (χ4v) is 1.71. The predicted molar refractivity (Wildman–Crippen MR) is 75.7 cm³/mol. The molecule has 0 aliphatic carbocycles. The molecule has 1 aromatic carbocycles. The molecule has 0 unspecified atom stereocenters. The van der Waals surface area contributed by atoms with Gasteiger partial charge in [0.25, 0.3) is 0 Å². The number of halogens is 1. The standard InChI is InChI=1S/C9H6BrNO2.2C2H6/c10-6-2-1-3-7-5(6)4-8(11-7)9(12)13;2*1-2/h1-4,11H,(H,12,13);2*1-2H3. The van der Waals surface area contributed by atoms with Crippen LogP contribution in [0.3, 0.4) is 0 Å². The summed E-state index contributed by atoms with van der Waals surface area (Å²) in [7, 11) is 0. The highest BCUT2D eigenvalue weighted by Gasteiger charge is 2.08. The molecule has 0 fully saturated rings. The summed E-state index contributed by atoms with van der Waals surface area (Å²) in [6.45, 7) is 8.00. The maximum atomic E-state index is 10.6. The van der Waals surface area contributed by atoms with Crippen LogP contribution in [-0.2, 0) is 0 Å². The van der Waals surface area contributed by atoms with Gasteiger partial charge in [-0.3, -0.25) is 0 Å². The maximum Gasteiger partial charge on any atom is 0.352 e. The predicted octanol–water partition coefficient (Wildman–Crippen LogP) is 4.68. The molecule has 0 saturated heterocycles. The van der Waals surface area contributed by atoms with Gasteiger partial charge in [-0.2, -0.15) is 0 Å². The van der Waals surface area contributed by atoms with Crippen LogP contribution in [0.15, 0.2) is 28.7 Å². The Morgan fingerprint density at radius 1 is 1.24 bits per heavy atom. The largest absolute Gasteiger partial charge is 0.477 e. The van der Waals surface area contributed by atoms with Gasteiger partial charge in [0, 0.05) is 15.4 Å². The Morgan fingerprint density at radius 2 is 1.82 bits per heavy atom. The van der Waals surface area contributed by atoms with Crippen LogP contribution in [0.4, 0.5) is 0 Å². The lowest BCUT2D eigenvalue weighted by molar-refractivity contribution is 0.0691. The number of benzene rings is 1. The average Bonchev–Trinajstić information content (AvgIpc) is 2.80. The number of nitrogens with one attached hydrogen (secondary N) is 1. The minimum atomic E-state index is -0.942. The summed E-state index contributed by atoms with van der Waals surface area (Å²) in [5, 5.41) is 9.62. The Bertz CT molecular complexity index is 477. The van der Waals surface area contributed by atoms with Crippen molar-refractivity contribution in [3.8, 4) is 0 Å². The van der Waals surface area contributed by atoms with Crippen LogP contribution in [0.2, 0.25) is 0 Å². The molecule has 2 rings (SSSR count). The van der Waals surface area contributed by atoms with Crippen LogP contribution in [0.5, 0.6) is 0 Å². The van der Waals surface area contributed by atoms with Gasteiger partial charge in [-0.1, -0.05) is 49.7 Å². The quantitative estimate of drug-likeness (QED) is 0.803. The minimum Gasteiger partial charge on any atom is -0.477 e. The van der Waals surface area contributed by atoms with Crippen molar-refractivity contribution in [2.45, 2.75) is 27.7 Å². The van der Waals surface area contributed by atoms with E-state index in [-0.39, 0.29) is 5.69 Å². The van der Waals surface area contributed by atoms with Gasteiger partial charge < -0.3 is 10.1 Å². The normalized spacial score (nSPS) is 8.76. The van der Waals surface area contributed by atoms with Crippen LogP contribution in [0, 0.1) is 0 Å². The lowest BCUT2D eigenvalue weighted by atomic mass is 10.2. The van der Waals surface area contributed by atoms with E-state index in [0.29, 0.717) is 0 Å². The smallest absolute Gasteiger partial charge is 0.352 e. The zero-order valence-electron chi connectivity index (χ0n) is 10.5. The maximum absolute atomic E-state index is 10.6. The Morgan fingerprint density at radius 3 is 2.29 bits per heavy atom. The van der Waals surface area contributed by atoms with Crippen molar-refractivity contribution in [1.29, 1.82) is 0 Å². The Labute approximate surface area is 110 Å². The van der Waals surface area contributed by atoms with E-state index < -0.39 is 5.97 Å². The molecule has 0 aliphatic rings. The molecular formula is C13H18BrNO2. The molecule has 17 heavy (non-hydrogen) atoms. The molecule has 1 heterocycles. The third kappa shape index (κ3) is 3.89. The molecule has 2 N–H and O–H groups in total. The Balaban J connectivity index is 0.000000581. The number of fused-ring (bicyclic) bond motifs is 1. The summed E-state index contributed by atoms with van der Waals surface area (Å²) in [4.78, 5) is 13.4. The van der Waals surface area contributed by atoms with Gasteiger partial charge in [0.1, 0.15) is 5.69 Å². The first-order valence-electron chi connectivity index (χ1n) is 5.69. The van der Waals surface area contributed by atoms with Crippen molar-refractivity contribution in [3.63, 3.8) is 0 Å². The number of carboxylic acid groups (broad SMARTS) is 1. The molecule has 0 bridgehead atoms. The number of H-pyrrole nitrogens is 1. The lowest BCUT2D eigenvalue weighted by Crippen LogP contribution is -1.94. The molecule has 0 spiro atoms. The summed E-state index contributed by atoms with van der Waals surface area (Å²) in [6.07, 6.45) is 0.